The van der Waals surface area contributed by atoms with Crippen LogP contribution in [-0.4, -0.2) is 17.0 Å². The van der Waals surface area contributed by atoms with Gasteiger partial charge in [0, 0.05) is 22.1 Å². The molecular weight excluding hydrogens is 295 g/mol. The van der Waals surface area contributed by atoms with Crippen LogP contribution < -0.4 is 0 Å². The lowest BCUT2D eigenvalue weighted by Gasteiger charge is -2.11. The van der Waals surface area contributed by atoms with Crippen LogP contribution >= 0.6 is 23.4 Å². The van der Waals surface area contributed by atoms with Crippen molar-refractivity contribution in [2.75, 3.05) is 5.75 Å². The first-order valence-corrected chi connectivity index (χ1v) is 7.72. The highest BCUT2D eigenvalue weighted by molar-refractivity contribution is 7.99. The molecule has 0 saturated heterocycles. The monoisotopic (exact) mass is 310 g/mol. The molecule has 1 unspecified atom stereocenters. The summed E-state index contributed by atoms with van der Waals surface area (Å²) in [4.78, 5) is 1.11. The topological polar surface area (TPSA) is 20.2 Å². The summed E-state index contributed by atoms with van der Waals surface area (Å²) in [6.45, 7) is 2.03. The maximum Gasteiger partial charge on any atom is 0.127 e. The van der Waals surface area contributed by atoms with Gasteiger partial charge < -0.3 is 5.11 Å². The van der Waals surface area contributed by atoms with Crippen LogP contribution in [0.2, 0.25) is 5.02 Å². The van der Waals surface area contributed by atoms with Gasteiger partial charge in [0.05, 0.1) is 6.10 Å². The van der Waals surface area contributed by atoms with Crippen LogP contribution in [-0.2, 0) is 6.42 Å². The Hall–Kier alpha value is -1.03. The average molecular weight is 311 g/mol. The quantitative estimate of drug-likeness (QED) is 0.822. The standard InChI is InChI=1S/C16H16ClFOS/c1-11-3-2-4-15(7-11)20-10-14(19)8-12-5-6-13(17)9-16(12)18/h2-7,9,14,19H,8,10H2,1H3. The molecule has 1 atom stereocenters. The molecule has 2 aromatic carbocycles. The summed E-state index contributed by atoms with van der Waals surface area (Å²) in [6, 6.07) is 12.6. The molecule has 0 aromatic heterocycles. The summed E-state index contributed by atoms with van der Waals surface area (Å²) < 4.78 is 13.6. The lowest BCUT2D eigenvalue weighted by atomic mass is 10.1. The first-order chi connectivity index (χ1) is 9.54. The molecule has 1 N–H and O–H groups in total. The third-order valence-electron chi connectivity index (χ3n) is 2.90. The third-order valence-corrected chi connectivity index (χ3v) is 4.28. The van der Waals surface area contributed by atoms with E-state index in [9.17, 15) is 9.50 Å². The maximum absolute atomic E-state index is 13.6. The van der Waals surface area contributed by atoms with E-state index in [0.717, 1.165) is 4.90 Å². The van der Waals surface area contributed by atoms with Crippen LogP contribution in [0, 0.1) is 12.7 Å². The van der Waals surface area contributed by atoms with Gasteiger partial charge in [0.25, 0.3) is 0 Å². The van der Waals surface area contributed by atoms with E-state index >= 15 is 0 Å². The van der Waals surface area contributed by atoms with Crippen LogP contribution in [0.25, 0.3) is 0 Å². The van der Waals surface area contributed by atoms with E-state index in [1.807, 2.05) is 25.1 Å². The molecule has 0 aliphatic rings. The van der Waals surface area contributed by atoms with Crippen LogP contribution in [0.1, 0.15) is 11.1 Å². The molecule has 0 amide bonds. The second-order valence-corrected chi connectivity index (χ2v) is 6.25. The minimum atomic E-state index is -0.587. The van der Waals surface area contributed by atoms with Crippen LogP contribution in [0.3, 0.4) is 0 Å². The number of aliphatic hydroxyl groups is 1. The fourth-order valence-corrected chi connectivity index (χ4v) is 3.00. The molecule has 0 heterocycles. The van der Waals surface area contributed by atoms with Crippen molar-refractivity contribution < 1.29 is 9.50 Å². The molecule has 2 aromatic rings. The SMILES string of the molecule is Cc1cccc(SCC(O)Cc2ccc(Cl)cc2F)c1. The molecule has 0 spiro atoms. The Balaban J connectivity index is 1.90. The lowest BCUT2D eigenvalue weighted by Crippen LogP contribution is -2.14. The van der Waals surface area contributed by atoms with Gasteiger partial charge in [-0.2, -0.15) is 0 Å². The highest BCUT2D eigenvalue weighted by Crippen LogP contribution is 2.22. The summed E-state index contributed by atoms with van der Waals surface area (Å²) in [6.07, 6.45) is -0.293. The summed E-state index contributed by atoms with van der Waals surface area (Å²) in [7, 11) is 0. The zero-order valence-corrected chi connectivity index (χ0v) is 12.7. The summed E-state index contributed by atoms with van der Waals surface area (Å²) in [5.41, 5.74) is 1.68. The molecule has 0 aliphatic carbocycles. The van der Waals surface area contributed by atoms with Crippen molar-refractivity contribution in [1.29, 1.82) is 0 Å². The highest BCUT2D eigenvalue weighted by atomic mass is 35.5. The predicted molar refractivity (Wildman–Crippen MR) is 83.0 cm³/mol. The fraction of sp³-hybridized carbons (Fsp3) is 0.250. The number of aliphatic hydroxyl groups excluding tert-OH is 1. The van der Waals surface area contributed by atoms with E-state index in [0.29, 0.717) is 22.8 Å². The Morgan fingerprint density at radius 3 is 2.75 bits per heavy atom. The zero-order valence-electron chi connectivity index (χ0n) is 11.1. The molecule has 0 fully saturated rings. The van der Waals surface area contributed by atoms with Crippen molar-refractivity contribution in [1.82, 2.24) is 0 Å². The molecule has 1 nitrogen and oxygen atoms in total. The Morgan fingerprint density at radius 1 is 1.25 bits per heavy atom. The first kappa shape index (κ1) is 15.4. The molecule has 2 rings (SSSR count). The molecule has 20 heavy (non-hydrogen) atoms. The number of halogens is 2. The number of benzene rings is 2. The Morgan fingerprint density at radius 2 is 2.05 bits per heavy atom. The molecule has 0 radical (unpaired) electrons. The normalized spacial score (nSPS) is 12.4. The number of rotatable bonds is 5. The van der Waals surface area contributed by atoms with Gasteiger partial charge in [0.15, 0.2) is 0 Å². The van der Waals surface area contributed by atoms with Crippen molar-refractivity contribution in [2.45, 2.75) is 24.3 Å². The van der Waals surface area contributed by atoms with Crippen molar-refractivity contribution in [3.05, 3.63) is 64.4 Å². The number of hydrogen-bond donors (Lipinski definition) is 1. The van der Waals surface area contributed by atoms with E-state index in [2.05, 4.69) is 6.07 Å². The van der Waals surface area contributed by atoms with Gasteiger partial charge in [-0.05, 0) is 36.8 Å². The van der Waals surface area contributed by atoms with E-state index < -0.39 is 6.10 Å². The van der Waals surface area contributed by atoms with Crippen molar-refractivity contribution in [2.24, 2.45) is 0 Å². The Kier molecular flexibility index (Phi) is 5.46. The van der Waals surface area contributed by atoms with Crippen molar-refractivity contribution in [3.63, 3.8) is 0 Å². The maximum atomic E-state index is 13.6. The summed E-state index contributed by atoms with van der Waals surface area (Å²) in [5, 5.41) is 10.4. The zero-order chi connectivity index (χ0) is 14.5. The lowest BCUT2D eigenvalue weighted by molar-refractivity contribution is 0.198. The van der Waals surface area contributed by atoms with Gasteiger partial charge in [-0.15, -0.1) is 11.8 Å². The van der Waals surface area contributed by atoms with Gasteiger partial charge in [0.1, 0.15) is 5.82 Å². The van der Waals surface area contributed by atoms with E-state index in [-0.39, 0.29) is 5.82 Å². The van der Waals surface area contributed by atoms with Crippen LogP contribution in [0.15, 0.2) is 47.4 Å². The second-order valence-electron chi connectivity index (χ2n) is 4.72. The van der Waals surface area contributed by atoms with E-state index in [1.165, 1.54) is 11.6 Å². The van der Waals surface area contributed by atoms with Gasteiger partial charge in [0.2, 0.25) is 0 Å². The largest absolute Gasteiger partial charge is 0.392 e. The smallest absolute Gasteiger partial charge is 0.127 e. The third kappa shape index (κ3) is 4.51. The highest BCUT2D eigenvalue weighted by Gasteiger charge is 2.10. The number of aryl methyl sites for hydroxylation is 1. The second kappa shape index (κ2) is 7.11. The summed E-state index contributed by atoms with van der Waals surface area (Å²) in [5.74, 6) is 0.169. The van der Waals surface area contributed by atoms with Crippen LogP contribution in [0.4, 0.5) is 4.39 Å². The number of thioether (sulfide) groups is 1. The Labute approximate surface area is 127 Å². The number of hydrogen-bond acceptors (Lipinski definition) is 2. The van der Waals surface area contributed by atoms with Gasteiger partial charge in [-0.3, -0.25) is 0 Å². The predicted octanol–water partition coefficient (Wildman–Crippen LogP) is 4.48. The minimum absolute atomic E-state index is 0.293. The van der Waals surface area contributed by atoms with Crippen molar-refractivity contribution in [3.8, 4) is 0 Å². The van der Waals surface area contributed by atoms with Crippen molar-refractivity contribution >= 4 is 23.4 Å². The molecular formula is C16H16ClFOS. The van der Waals surface area contributed by atoms with Crippen LogP contribution in [0.5, 0.6) is 0 Å². The molecule has 0 aliphatic heterocycles. The van der Waals surface area contributed by atoms with E-state index in [4.69, 9.17) is 11.6 Å². The Bertz CT molecular complexity index is 588. The molecule has 4 heteroatoms. The fourth-order valence-electron chi connectivity index (χ4n) is 1.90. The van der Waals surface area contributed by atoms with Gasteiger partial charge in [-0.1, -0.05) is 35.4 Å². The molecule has 106 valence electrons. The average Bonchev–Trinajstić information content (AvgIpc) is 2.40. The summed E-state index contributed by atoms with van der Waals surface area (Å²) >= 11 is 7.28. The molecule has 0 saturated carbocycles. The minimum Gasteiger partial charge on any atom is -0.392 e. The molecule has 0 bridgehead atoms. The van der Waals surface area contributed by atoms with Gasteiger partial charge >= 0.3 is 0 Å². The first-order valence-electron chi connectivity index (χ1n) is 6.36. The van der Waals surface area contributed by atoms with Gasteiger partial charge in [-0.25, -0.2) is 4.39 Å². The van der Waals surface area contributed by atoms with E-state index in [1.54, 1.807) is 23.9 Å².